The fraction of sp³-hybridized carbons (Fsp3) is 0.917. The minimum absolute atomic E-state index is 0.00480. The Kier molecular flexibility index (Phi) is 7.39. The van der Waals surface area contributed by atoms with E-state index in [2.05, 4.69) is 26.1 Å². The van der Waals surface area contributed by atoms with Crippen LogP contribution in [0.25, 0.3) is 0 Å². The number of rotatable bonds is 8. The Morgan fingerprint density at radius 3 is 2.53 bits per heavy atom. The number of aliphatic hydroxyl groups is 1. The Balaban J connectivity index is 3.60. The zero-order chi connectivity index (χ0) is 11.7. The second-order valence-corrected chi connectivity index (χ2v) is 4.87. The number of hydrogen-bond donors (Lipinski definition) is 2. The van der Waals surface area contributed by atoms with Gasteiger partial charge in [0.1, 0.15) is 0 Å². The van der Waals surface area contributed by atoms with Crippen molar-refractivity contribution < 1.29 is 9.90 Å². The third-order valence-electron chi connectivity index (χ3n) is 2.56. The molecule has 3 nitrogen and oxygen atoms in total. The van der Waals surface area contributed by atoms with Gasteiger partial charge in [0, 0.05) is 19.6 Å². The molecule has 0 radical (unpaired) electrons. The van der Waals surface area contributed by atoms with E-state index in [1.807, 2.05) is 0 Å². The van der Waals surface area contributed by atoms with Crippen LogP contribution in [-0.2, 0) is 4.79 Å². The van der Waals surface area contributed by atoms with E-state index < -0.39 is 0 Å². The molecule has 0 spiro atoms. The normalized spacial score (nSPS) is 11.5. The van der Waals surface area contributed by atoms with Gasteiger partial charge < -0.3 is 10.4 Å². The molecule has 0 atom stereocenters. The Hall–Kier alpha value is -0.570. The second kappa shape index (κ2) is 7.69. The van der Waals surface area contributed by atoms with Crippen LogP contribution in [-0.4, -0.2) is 24.2 Å². The zero-order valence-electron chi connectivity index (χ0n) is 10.3. The van der Waals surface area contributed by atoms with E-state index in [0.29, 0.717) is 13.0 Å². The van der Waals surface area contributed by atoms with E-state index in [9.17, 15) is 4.79 Å². The number of nitrogens with one attached hydrogen (secondary N) is 1. The van der Waals surface area contributed by atoms with Crippen molar-refractivity contribution in [2.75, 3.05) is 13.2 Å². The van der Waals surface area contributed by atoms with Gasteiger partial charge in [-0.2, -0.15) is 0 Å². The van der Waals surface area contributed by atoms with Gasteiger partial charge in [0.15, 0.2) is 0 Å². The fourth-order valence-electron chi connectivity index (χ4n) is 1.35. The van der Waals surface area contributed by atoms with Crippen LogP contribution in [0.3, 0.4) is 0 Å². The molecule has 0 aliphatic carbocycles. The van der Waals surface area contributed by atoms with E-state index in [0.717, 1.165) is 25.7 Å². The molecule has 0 aliphatic rings. The van der Waals surface area contributed by atoms with Crippen LogP contribution in [0.15, 0.2) is 0 Å². The molecular formula is C12H25NO2. The van der Waals surface area contributed by atoms with Crippen molar-refractivity contribution >= 4 is 5.91 Å². The van der Waals surface area contributed by atoms with E-state index in [1.54, 1.807) is 0 Å². The topological polar surface area (TPSA) is 49.3 Å². The van der Waals surface area contributed by atoms with Gasteiger partial charge in [-0.3, -0.25) is 4.79 Å². The molecule has 2 N–H and O–H groups in total. The summed E-state index contributed by atoms with van der Waals surface area (Å²) in [6.45, 7) is 7.06. The van der Waals surface area contributed by atoms with E-state index in [-0.39, 0.29) is 17.9 Å². The first-order valence-electron chi connectivity index (χ1n) is 5.89. The molecular weight excluding hydrogens is 190 g/mol. The van der Waals surface area contributed by atoms with E-state index >= 15 is 0 Å². The van der Waals surface area contributed by atoms with Crippen LogP contribution < -0.4 is 5.32 Å². The highest BCUT2D eigenvalue weighted by atomic mass is 16.3. The lowest BCUT2D eigenvalue weighted by Gasteiger charge is -2.23. The molecule has 0 aliphatic heterocycles. The molecule has 0 aromatic carbocycles. The van der Waals surface area contributed by atoms with Gasteiger partial charge in [0.05, 0.1) is 0 Å². The third-order valence-corrected chi connectivity index (χ3v) is 2.56. The molecule has 0 fully saturated rings. The molecule has 0 bridgehead atoms. The summed E-state index contributed by atoms with van der Waals surface area (Å²) in [7, 11) is 0. The van der Waals surface area contributed by atoms with Gasteiger partial charge in [0.25, 0.3) is 0 Å². The minimum atomic E-state index is -0.00480. The van der Waals surface area contributed by atoms with Crippen LogP contribution in [0.5, 0.6) is 0 Å². The maximum Gasteiger partial charge on any atom is 0.220 e. The maximum atomic E-state index is 11.4. The average molecular weight is 215 g/mol. The second-order valence-electron chi connectivity index (χ2n) is 4.87. The lowest BCUT2D eigenvalue weighted by Crippen LogP contribution is -2.34. The largest absolute Gasteiger partial charge is 0.396 e. The molecule has 0 saturated heterocycles. The number of hydrogen-bond acceptors (Lipinski definition) is 2. The lowest BCUT2D eigenvalue weighted by molar-refractivity contribution is -0.121. The van der Waals surface area contributed by atoms with Gasteiger partial charge in [-0.1, -0.05) is 33.6 Å². The van der Waals surface area contributed by atoms with Crippen LogP contribution in [0.2, 0.25) is 0 Å². The average Bonchev–Trinajstić information content (AvgIpc) is 2.15. The first kappa shape index (κ1) is 14.4. The summed E-state index contributed by atoms with van der Waals surface area (Å²) < 4.78 is 0. The number of unbranched alkanes of at least 4 members (excludes halogenated alkanes) is 2. The highest BCUT2D eigenvalue weighted by Gasteiger charge is 2.17. The SMILES string of the molecule is CCCCCC(=O)NCC(C)(C)CCO. The summed E-state index contributed by atoms with van der Waals surface area (Å²) in [6, 6.07) is 0. The molecule has 0 heterocycles. The standard InChI is InChI=1S/C12H25NO2/c1-4-5-6-7-11(15)13-10-12(2,3)8-9-14/h14H,4-10H2,1-3H3,(H,13,15). The lowest BCUT2D eigenvalue weighted by atomic mass is 9.90. The quantitative estimate of drug-likeness (QED) is 0.609. The van der Waals surface area contributed by atoms with Crippen molar-refractivity contribution in [1.82, 2.24) is 5.32 Å². The van der Waals surface area contributed by atoms with Gasteiger partial charge in [-0.25, -0.2) is 0 Å². The fourth-order valence-corrected chi connectivity index (χ4v) is 1.35. The number of carbonyl (C=O) groups excluding carboxylic acids is 1. The highest BCUT2D eigenvalue weighted by molar-refractivity contribution is 5.75. The maximum absolute atomic E-state index is 11.4. The smallest absolute Gasteiger partial charge is 0.220 e. The summed E-state index contributed by atoms with van der Waals surface area (Å²) in [5.74, 6) is 0.134. The van der Waals surface area contributed by atoms with Crippen LogP contribution >= 0.6 is 0 Å². The molecule has 90 valence electrons. The van der Waals surface area contributed by atoms with Crippen molar-refractivity contribution in [3.05, 3.63) is 0 Å². The summed E-state index contributed by atoms with van der Waals surface area (Å²) in [4.78, 5) is 11.4. The molecule has 3 heteroatoms. The van der Waals surface area contributed by atoms with Crippen molar-refractivity contribution in [2.24, 2.45) is 5.41 Å². The van der Waals surface area contributed by atoms with Crippen molar-refractivity contribution in [2.45, 2.75) is 52.9 Å². The van der Waals surface area contributed by atoms with Crippen molar-refractivity contribution in [1.29, 1.82) is 0 Å². The molecule has 1 amide bonds. The molecule has 0 unspecified atom stereocenters. The van der Waals surface area contributed by atoms with Crippen LogP contribution in [0, 0.1) is 5.41 Å². The van der Waals surface area contributed by atoms with E-state index in [1.165, 1.54) is 0 Å². The van der Waals surface area contributed by atoms with Crippen molar-refractivity contribution in [3.8, 4) is 0 Å². The summed E-state index contributed by atoms with van der Waals surface area (Å²) >= 11 is 0. The Bertz CT molecular complexity index is 178. The molecule has 15 heavy (non-hydrogen) atoms. The number of aliphatic hydroxyl groups excluding tert-OH is 1. The van der Waals surface area contributed by atoms with Gasteiger partial charge in [0.2, 0.25) is 5.91 Å². The van der Waals surface area contributed by atoms with E-state index in [4.69, 9.17) is 5.11 Å². The summed E-state index contributed by atoms with van der Waals surface area (Å²) in [6.07, 6.45) is 4.59. The minimum Gasteiger partial charge on any atom is -0.396 e. The highest BCUT2D eigenvalue weighted by Crippen LogP contribution is 2.17. The zero-order valence-corrected chi connectivity index (χ0v) is 10.3. The number of carbonyl (C=O) groups is 1. The molecule has 0 saturated carbocycles. The third kappa shape index (κ3) is 8.43. The Morgan fingerprint density at radius 2 is 2.00 bits per heavy atom. The summed E-state index contributed by atoms with van der Waals surface area (Å²) in [5, 5.41) is 11.7. The van der Waals surface area contributed by atoms with Gasteiger partial charge in [-0.15, -0.1) is 0 Å². The predicted octanol–water partition coefficient (Wildman–Crippen LogP) is 2.09. The first-order chi connectivity index (χ1) is 7.02. The predicted molar refractivity (Wildman–Crippen MR) is 62.6 cm³/mol. The Morgan fingerprint density at radius 1 is 1.33 bits per heavy atom. The van der Waals surface area contributed by atoms with Crippen molar-refractivity contribution in [3.63, 3.8) is 0 Å². The molecule has 0 aromatic heterocycles. The molecule has 0 aromatic rings. The monoisotopic (exact) mass is 215 g/mol. The number of amides is 1. The first-order valence-corrected chi connectivity index (χ1v) is 5.89. The van der Waals surface area contributed by atoms with Crippen LogP contribution in [0.1, 0.15) is 52.9 Å². The van der Waals surface area contributed by atoms with Crippen LogP contribution in [0.4, 0.5) is 0 Å². The molecule has 0 rings (SSSR count). The van der Waals surface area contributed by atoms with Gasteiger partial charge >= 0.3 is 0 Å². The summed E-state index contributed by atoms with van der Waals surface area (Å²) in [5.41, 5.74) is -0.00480. The Labute approximate surface area is 93.3 Å². The van der Waals surface area contributed by atoms with Gasteiger partial charge in [-0.05, 0) is 18.3 Å².